The largest absolute Gasteiger partial charge is 0.386 e. The van der Waals surface area contributed by atoms with Crippen LogP contribution in [0.3, 0.4) is 0 Å². The minimum absolute atomic E-state index is 0.280. The van der Waals surface area contributed by atoms with Gasteiger partial charge < -0.3 is 9.84 Å². The van der Waals surface area contributed by atoms with Crippen LogP contribution in [0.15, 0.2) is 18.5 Å². The number of rotatable bonds is 4. The Bertz CT molecular complexity index is 380. The highest BCUT2D eigenvalue weighted by atomic mass is 19.1. The first kappa shape index (κ1) is 13.4. The molecule has 3 nitrogen and oxygen atoms in total. The molecular formula is C14H20FNO2. The van der Waals surface area contributed by atoms with Gasteiger partial charge in [0.25, 0.3) is 0 Å². The van der Waals surface area contributed by atoms with Crippen LogP contribution in [0.2, 0.25) is 0 Å². The molecular weight excluding hydrogens is 233 g/mol. The van der Waals surface area contributed by atoms with Crippen LogP contribution in [0.1, 0.15) is 43.8 Å². The molecule has 1 aliphatic carbocycles. The first-order valence-corrected chi connectivity index (χ1v) is 6.54. The number of hydrogen-bond acceptors (Lipinski definition) is 3. The van der Waals surface area contributed by atoms with Gasteiger partial charge in [-0.05, 0) is 24.8 Å². The summed E-state index contributed by atoms with van der Waals surface area (Å²) in [7, 11) is 1.58. The second-order valence-corrected chi connectivity index (χ2v) is 4.94. The molecule has 4 heteroatoms. The van der Waals surface area contributed by atoms with E-state index in [-0.39, 0.29) is 11.7 Å². The van der Waals surface area contributed by atoms with Crippen molar-refractivity contribution in [3.05, 3.63) is 29.8 Å². The molecule has 18 heavy (non-hydrogen) atoms. The van der Waals surface area contributed by atoms with Crippen molar-refractivity contribution in [1.82, 2.24) is 4.98 Å². The molecule has 1 aliphatic rings. The smallest absolute Gasteiger partial charge is 0.147 e. The van der Waals surface area contributed by atoms with Crippen molar-refractivity contribution in [3.63, 3.8) is 0 Å². The molecule has 100 valence electrons. The molecule has 2 unspecified atom stereocenters. The third kappa shape index (κ3) is 2.87. The standard InChI is InChI=1S/C14H20FNO2/c1-18-14(10-5-3-2-4-6-10)13(17)11-7-8-16-9-12(11)15/h7-10,13-14,17H,2-6H2,1H3. The summed E-state index contributed by atoms with van der Waals surface area (Å²) >= 11 is 0. The number of methoxy groups -OCH3 is 1. The summed E-state index contributed by atoms with van der Waals surface area (Å²) in [5.74, 6) is -0.158. The zero-order chi connectivity index (χ0) is 13.0. The van der Waals surface area contributed by atoms with Gasteiger partial charge in [-0.15, -0.1) is 0 Å². The third-order valence-electron chi connectivity index (χ3n) is 3.82. The molecule has 0 bridgehead atoms. The molecule has 2 rings (SSSR count). The van der Waals surface area contributed by atoms with E-state index in [0.29, 0.717) is 5.92 Å². The van der Waals surface area contributed by atoms with Crippen LogP contribution in [-0.2, 0) is 4.74 Å². The Morgan fingerprint density at radius 3 is 2.72 bits per heavy atom. The van der Waals surface area contributed by atoms with Crippen LogP contribution < -0.4 is 0 Å². The maximum Gasteiger partial charge on any atom is 0.147 e. The number of ether oxygens (including phenoxy) is 1. The minimum Gasteiger partial charge on any atom is -0.386 e. The number of aliphatic hydroxyl groups is 1. The topological polar surface area (TPSA) is 42.4 Å². The van der Waals surface area contributed by atoms with Crippen molar-refractivity contribution in [2.45, 2.75) is 44.3 Å². The molecule has 2 atom stereocenters. The van der Waals surface area contributed by atoms with Gasteiger partial charge in [0, 0.05) is 18.9 Å². The van der Waals surface area contributed by atoms with Crippen molar-refractivity contribution >= 4 is 0 Å². The number of aromatic nitrogens is 1. The summed E-state index contributed by atoms with van der Waals surface area (Å²) in [6.45, 7) is 0. The van der Waals surface area contributed by atoms with Crippen molar-refractivity contribution < 1.29 is 14.2 Å². The van der Waals surface area contributed by atoms with Crippen molar-refractivity contribution in [1.29, 1.82) is 0 Å². The quantitative estimate of drug-likeness (QED) is 0.897. The summed E-state index contributed by atoms with van der Waals surface area (Å²) in [4.78, 5) is 3.70. The monoisotopic (exact) mass is 253 g/mol. The zero-order valence-electron chi connectivity index (χ0n) is 10.7. The van der Waals surface area contributed by atoms with Gasteiger partial charge in [0.1, 0.15) is 11.9 Å². The van der Waals surface area contributed by atoms with Gasteiger partial charge in [0.05, 0.1) is 12.3 Å². The minimum atomic E-state index is -0.916. The highest BCUT2D eigenvalue weighted by Gasteiger charge is 2.31. The Hall–Kier alpha value is -1.00. The molecule has 1 aromatic rings. The van der Waals surface area contributed by atoms with Gasteiger partial charge in [-0.2, -0.15) is 0 Å². The van der Waals surface area contributed by atoms with E-state index >= 15 is 0 Å². The molecule has 1 fully saturated rings. The van der Waals surface area contributed by atoms with Gasteiger partial charge in [-0.3, -0.25) is 4.98 Å². The fraction of sp³-hybridized carbons (Fsp3) is 0.643. The molecule has 0 spiro atoms. The zero-order valence-corrected chi connectivity index (χ0v) is 10.7. The lowest BCUT2D eigenvalue weighted by molar-refractivity contribution is -0.0571. The number of halogens is 1. The summed E-state index contributed by atoms with van der Waals surface area (Å²) in [6, 6.07) is 1.52. The van der Waals surface area contributed by atoms with Crippen LogP contribution >= 0.6 is 0 Å². The maximum atomic E-state index is 13.6. The molecule has 0 aliphatic heterocycles. The SMILES string of the molecule is COC(C1CCCCC1)C(O)c1ccncc1F. The Morgan fingerprint density at radius 2 is 2.11 bits per heavy atom. The van der Waals surface area contributed by atoms with Gasteiger partial charge >= 0.3 is 0 Å². The normalized spacial score (nSPS) is 20.6. The fourth-order valence-corrected chi connectivity index (χ4v) is 2.84. The lowest BCUT2D eigenvalue weighted by Crippen LogP contribution is -2.31. The van der Waals surface area contributed by atoms with Crippen LogP contribution in [0, 0.1) is 11.7 Å². The average Bonchev–Trinajstić information content (AvgIpc) is 2.41. The first-order chi connectivity index (χ1) is 8.74. The summed E-state index contributed by atoms with van der Waals surface area (Å²) in [6.07, 6.45) is 7.04. The molecule has 0 saturated heterocycles. The highest BCUT2D eigenvalue weighted by Crippen LogP contribution is 2.34. The van der Waals surface area contributed by atoms with E-state index in [4.69, 9.17) is 4.74 Å². The Labute approximate surface area is 107 Å². The van der Waals surface area contributed by atoms with Crippen LogP contribution in [-0.4, -0.2) is 23.3 Å². The van der Waals surface area contributed by atoms with E-state index in [2.05, 4.69) is 4.98 Å². The molecule has 0 amide bonds. The predicted octanol–water partition coefficient (Wildman–Crippen LogP) is 2.85. The van der Waals surface area contributed by atoms with Crippen LogP contribution in [0.25, 0.3) is 0 Å². The maximum absolute atomic E-state index is 13.6. The van der Waals surface area contributed by atoms with Gasteiger partial charge in [-0.25, -0.2) is 4.39 Å². The number of nitrogens with zero attached hydrogens (tertiary/aromatic N) is 1. The molecule has 1 aromatic heterocycles. The van der Waals surface area contributed by atoms with E-state index in [0.717, 1.165) is 31.9 Å². The first-order valence-electron chi connectivity index (χ1n) is 6.54. The second kappa shape index (κ2) is 6.25. The summed E-state index contributed by atoms with van der Waals surface area (Å²) in [5, 5.41) is 10.3. The lowest BCUT2D eigenvalue weighted by atomic mass is 9.82. The molecule has 1 saturated carbocycles. The van der Waals surface area contributed by atoms with Gasteiger partial charge in [0.15, 0.2) is 0 Å². The van der Waals surface area contributed by atoms with Crippen LogP contribution in [0.5, 0.6) is 0 Å². The van der Waals surface area contributed by atoms with Crippen molar-refractivity contribution in [3.8, 4) is 0 Å². The highest BCUT2D eigenvalue weighted by molar-refractivity contribution is 5.17. The van der Waals surface area contributed by atoms with Crippen LogP contribution in [0.4, 0.5) is 4.39 Å². The Morgan fingerprint density at radius 1 is 1.39 bits per heavy atom. The molecule has 1 heterocycles. The fourth-order valence-electron chi connectivity index (χ4n) is 2.84. The van der Waals surface area contributed by atoms with Crippen molar-refractivity contribution in [2.24, 2.45) is 5.92 Å². The molecule has 0 aromatic carbocycles. The number of aliphatic hydroxyl groups excluding tert-OH is 1. The van der Waals surface area contributed by atoms with E-state index in [9.17, 15) is 9.50 Å². The van der Waals surface area contributed by atoms with Crippen molar-refractivity contribution in [2.75, 3.05) is 7.11 Å². The van der Waals surface area contributed by atoms with E-state index in [1.54, 1.807) is 7.11 Å². The Balaban J connectivity index is 2.14. The third-order valence-corrected chi connectivity index (χ3v) is 3.82. The molecule has 0 radical (unpaired) electrons. The molecule has 1 N–H and O–H groups in total. The number of hydrogen-bond donors (Lipinski definition) is 1. The van der Waals surface area contributed by atoms with Gasteiger partial charge in [0.2, 0.25) is 0 Å². The number of pyridine rings is 1. The van der Waals surface area contributed by atoms with E-state index in [1.165, 1.54) is 18.7 Å². The average molecular weight is 253 g/mol. The van der Waals surface area contributed by atoms with E-state index < -0.39 is 11.9 Å². The lowest BCUT2D eigenvalue weighted by Gasteiger charge is -2.32. The van der Waals surface area contributed by atoms with E-state index in [1.807, 2.05) is 0 Å². The summed E-state index contributed by atoms with van der Waals surface area (Å²) in [5.41, 5.74) is 0.280. The Kier molecular flexibility index (Phi) is 4.66. The second-order valence-electron chi connectivity index (χ2n) is 4.94. The summed E-state index contributed by atoms with van der Waals surface area (Å²) < 4.78 is 19.0. The predicted molar refractivity (Wildman–Crippen MR) is 66.5 cm³/mol. The van der Waals surface area contributed by atoms with Gasteiger partial charge in [-0.1, -0.05) is 19.3 Å².